The number of halogens is 2. The van der Waals surface area contributed by atoms with Crippen LogP contribution in [0.25, 0.3) is 6.08 Å². The van der Waals surface area contributed by atoms with E-state index in [0.29, 0.717) is 56.4 Å². The van der Waals surface area contributed by atoms with Crippen LogP contribution in [-0.2, 0) is 9.53 Å². The first-order valence-corrected chi connectivity index (χ1v) is 15.2. The Morgan fingerprint density at radius 3 is 2.40 bits per heavy atom. The molecule has 1 aromatic heterocycles. The summed E-state index contributed by atoms with van der Waals surface area (Å²) in [4.78, 5) is 32.8. The number of allylic oxidation sites excluding steroid dienone is 1. The number of fused-ring (bicyclic) bond motifs is 1. The minimum absolute atomic E-state index is 0.190. The maximum atomic E-state index is 14.1. The van der Waals surface area contributed by atoms with Gasteiger partial charge in [0.2, 0.25) is 0 Å². The molecule has 0 spiro atoms. The lowest BCUT2D eigenvalue weighted by Crippen LogP contribution is -2.40. The average Bonchev–Trinajstić information content (AvgIpc) is 3.24. The first kappa shape index (κ1) is 30.1. The van der Waals surface area contributed by atoms with Crippen molar-refractivity contribution < 1.29 is 23.7 Å². The van der Waals surface area contributed by atoms with Crippen LogP contribution in [0.1, 0.15) is 50.8 Å². The minimum Gasteiger partial charge on any atom is -0.497 e. The third kappa shape index (κ3) is 5.91. The summed E-state index contributed by atoms with van der Waals surface area (Å²) in [5, 5.41) is 0. The molecule has 3 aromatic rings. The van der Waals surface area contributed by atoms with Crippen LogP contribution in [0.3, 0.4) is 0 Å². The largest absolute Gasteiger partial charge is 0.497 e. The zero-order valence-corrected chi connectivity index (χ0v) is 26.9. The zero-order chi connectivity index (χ0) is 29.0. The summed E-state index contributed by atoms with van der Waals surface area (Å²) in [6, 6.07) is 8.29. The van der Waals surface area contributed by atoms with Gasteiger partial charge in [0, 0.05) is 5.56 Å². The molecule has 1 aliphatic heterocycles. The average molecular weight is 694 g/mol. The van der Waals surface area contributed by atoms with Gasteiger partial charge in [0.15, 0.2) is 4.80 Å². The number of esters is 1. The first-order chi connectivity index (χ1) is 19.3. The molecular weight excluding hydrogens is 664 g/mol. The van der Waals surface area contributed by atoms with Crippen molar-refractivity contribution in [1.29, 1.82) is 0 Å². The van der Waals surface area contributed by atoms with Crippen molar-refractivity contribution >= 4 is 55.2 Å². The summed E-state index contributed by atoms with van der Waals surface area (Å²) in [5.41, 5.74) is 2.03. The number of carbonyl (C=O) groups excluding carboxylic acids is 1. The quantitative estimate of drug-likeness (QED) is 0.260. The third-order valence-corrected chi connectivity index (χ3v) is 8.39. The second-order valence-corrected chi connectivity index (χ2v) is 11.5. The Kier molecular flexibility index (Phi) is 9.91. The molecule has 0 unspecified atom stereocenters. The lowest BCUT2D eigenvalue weighted by atomic mass is 9.93. The number of hydrogen-bond acceptors (Lipinski definition) is 8. The summed E-state index contributed by atoms with van der Waals surface area (Å²) in [5.74, 6) is 1.26. The first-order valence-electron chi connectivity index (χ1n) is 12.8. The van der Waals surface area contributed by atoms with Gasteiger partial charge in [0.1, 0.15) is 23.3 Å². The van der Waals surface area contributed by atoms with E-state index in [4.69, 9.17) is 23.9 Å². The van der Waals surface area contributed by atoms with Gasteiger partial charge in [-0.2, -0.15) is 0 Å². The summed E-state index contributed by atoms with van der Waals surface area (Å²) >= 11 is 8.40. The van der Waals surface area contributed by atoms with E-state index in [-0.39, 0.29) is 12.2 Å². The van der Waals surface area contributed by atoms with Crippen molar-refractivity contribution in [2.45, 2.75) is 39.7 Å². The molecular formula is C29H30Br2N2O6S. The van der Waals surface area contributed by atoms with Gasteiger partial charge in [0.05, 0.1) is 52.2 Å². The Morgan fingerprint density at radius 2 is 1.80 bits per heavy atom. The van der Waals surface area contributed by atoms with E-state index in [2.05, 4.69) is 31.9 Å². The summed E-state index contributed by atoms with van der Waals surface area (Å²) < 4.78 is 25.9. The number of methoxy groups -OCH3 is 2. The van der Waals surface area contributed by atoms with Crippen LogP contribution < -0.4 is 29.1 Å². The number of hydrogen-bond donors (Lipinski definition) is 0. The highest BCUT2D eigenvalue weighted by Gasteiger charge is 2.36. The lowest BCUT2D eigenvalue weighted by molar-refractivity contribution is -0.139. The maximum Gasteiger partial charge on any atom is 0.338 e. The van der Waals surface area contributed by atoms with Gasteiger partial charge in [-0.05, 0) is 94.1 Å². The maximum absolute atomic E-state index is 14.1. The molecule has 1 atom stereocenters. The zero-order valence-electron chi connectivity index (χ0n) is 22.9. The molecule has 0 saturated heterocycles. The monoisotopic (exact) mass is 692 g/mol. The molecule has 8 nitrogen and oxygen atoms in total. The normalized spacial score (nSPS) is 15.0. The van der Waals surface area contributed by atoms with Crippen LogP contribution in [0, 0.1) is 0 Å². The van der Waals surface area contributed by atoms with E-state index < -0.39 is 12.0 Å². The molecule has 0 aliphatic carbocycles. The third-order valence-electron chi connectivity index (χ3n) is 6.23. The number of carbonyl (C=O) groups is 1. The van der Waals surface area contributed by atoms with Crippen LogP contribution in [0.2, 0.25) is 0 Å². The van der Waals surface area contributed by atoms with Gasteiger partial charge in [-0.3, -0.25) is 9.36 Å². The highest BCUT2D eigenvalue weighted by molar-refractivity contribution is 9.11. The number of benzene rings is 2. The highest BCUT2D eigenvalue weighted by Crippen LogP contribution is 2.39. The number of ether oxygens (including phenoxy) is 4. The molecule has 1 aliphatic rings. The van der Waals surface area contributed by atoms with Crippen molar-refractivity contribution in [1.82, 2.24) is 4.57 Å². The Morgan fingerprint density at radius 1 is 1.07 bits per heavy atom. The van der Waals surface area contributed by atoms with Crippen LogP contribution >= 0.6 is 43.2 Å². The van der Waals surface area contributed by atoms with E-state index in [0.717, 1.165) is 20.9 Å². The van der Waals surface area contributed by atoms with Crippen molar-refractivity contribution in [3.05, 3.63) is 81.4 Å². The van der Waals surface area contributed by atoms with Crippen LogP contribution in [0.4, 0.5) is 0 Å². The van der Waals surface area contributed by atoms with Crippen molar-refractivity contribution in [3.63, 3.8) is 0 Å². The lowest BCUT2D eigenvalue weighted by Gasteiger charge is -2.27. The number of rotatable bonds is 10. The fourth-order valence-corrected chi connectivity index (χ4v) is 7.04. The molecule has 0 bridgehead atoms. The molecule has 2 aromatic carbocycles. The molecule has 0 fully saturated rings. The molecule has 0 N–H and O–H groups in total. The predicted octanol–water partition coefficient (Wildman–Crippen LogP) is 5.52. The van der Waals surface area contributed by atoms with E-state index in [1.54, 1.807) is 43.9 Å². The Hall–Kier alpha value is -2.89. The SMILES string of the molecule is CCCC1=C(C(=O)OCC)[C@H](c2cc(OC)ccc2OC)n2c(s/c(=C\c3cc(Br)c(OCC)c(Br)c3)c2=O)=N1. The Bertz CT molecular complexity index is 1620. The molecule has 0 amide bonds. The van der Waals surface area contributed by atoms with E-state index >= 15 is 0 Å². The fourth-order valence-electron chi connectivity index (χ4n) is 4.56. The highest BCUT2D eigenvalue weighted by atomic mass is 79.9. The number of aromatic nitrogens is 1. The second kappa shape index (κ2) is 13.2. The van der Waals surface area contributed by atoms with Gasteiger partial charge in [-0.15, -0.1) is 0 Å². The number of thiazole rings is 1. The molecule has 40 heavy (non-hydrogen) atoms. The van der Waals surface area contributed by atoms with Crippen molar-refractivity contribution in [2.75, 3.05) is 27.4 Å². The summed E-state index contributed by atoms with van der Waals surface area (Å²) in [6.45, 7) is 6.39. The summed E-state index contributed by atoms with van der Waals surface area (Å²) in [6.07, 6.45) is 3.11. The van der Waals surface area contributed by atoms with Gasteiger partial charge in [-0.1, -0.05) is 24.7 Å². The van der Waals surface area contributed by atoms with Crippen LogP contribution in [-0.4, -0.2) is 38.0 Å². The van der Waals surface area contributed by atoms with Gasteiger partial charge in [0.25, 0.3) is 5.56 Å². The minimum atomic E-state index is -0.817. The van der Waals surface area contributed by atoms with E-state index in [1.807, 2.05) is 32.1 Å². The second-order valence-electron chi connectivity index (χ2n) is 8.77. The van der Waals surface area contributed by atoms with E-state index in [1.165, 1.54) is 11.3 Å². The molecule has 212 valence electrons. The van der Waals surface area contributed by atoms with Gasteiger partial charge in [-0.25, -0.2) is 9.79 Å². The molecule has 0 radical (unpaired) electrons. The number of nitrogens with zero attached hydrogens (tertiary/aromatic N) is 2. The molecule has 2 heterocycles. The molecule has 4 rings (SSSR count). The Balaban J connectivity index is 2.02. The van der Waals surface area contributed by atoms with Gasteiger partial charge >= 0.3 is 5.97 Å². The smallest absolute Gasteiger partial charge is 0.338 e. The van der Waals surface area contributed by atoms with Crippen molar-refractivity contribution in [2.24, 2.45) is 4.99 Å². The predicted molar refractivity (Wildman–Crippen MR) is 162 cm³/mol. The summed E-state index contributed by atoms with van der Waals surface area (Å²) in [7, 11) is 3.12. The van der Waals surface area contributed by atoms with Crippen LogP contribution in [0.5, 0.6) is 17.2 Å². The Labute approximate surface area is 253 Å². The van der Waals surface area contributed by atoms with Gasteiger partial charge < -0.3 is 18.9 Å². The fraction of sp³-hybridized carbons (Fsp3) is 0.345. The molecule has 0 saturated carbocycles. The standard InChI is InChI=1S/C29H30Br2N2O6S/c1-6-9-21-24(28(35)39-8-3)25(18-15-17(36-4)10-11-22(18)37-5)33-27(34)23(40-29(33)32-21)14-16-12-19(30)26(38-7-2)20(31)13-16/h10-15,25H,6-9H2,1-5H3/b23-14-/t25-/m0/s1. The molecule has 11 heteroatoms. The van der Waals surface area contributed by atoms with E-state index in [9.17, 15) is 9.59 Å². The van der Waals surface area contributed by atoms with Crippen molar-refractivity contribution in [3.8, 4) is 17.2 Å². The topological polar surface area (TPSA) is 88.4 Å². The van der Waals surface area contributed by atoms with Crippen LogP contribution in [0.15, 0.2) is 60.3 Å².